The van der Waals surface area contributed by atoms with E-state index in [0.717, 1.165) is 48.5 Å². The normalized spacial score (nSPS) is 14.5. The quantitative estimate of drug-likeness (QED) is 0.591. The van der Waals surface area contributed by atoms with Gasteiger partial charge in [0.1, 0.15) is 0 Å². The van der Waals surface area contributed by atoms with Crippen molar-refractivity contribution in [1.29, 1.82) is 0 Å². The molecule has 1 fully saturated rings. The first-order valence-electron chi connectivity index (χ1n) is 10.1. The van der Waals surface area contributed by atoms with Crippen molar-refractivity contribution in [2.24, 2.45) is 0 Å². The maximum absolute atomic E-state index is 12.7. The van der Waals surface area contributed by atoms with Gasteiger partial charge in [0.05, 0.1) is 12.2 Å². The van der Waals surface area contributed by atoms with E-state index in [1.165, 1.54) is 5.56 Å². The number of piperazine rings is 1. The van der Waals surface area contributed by atoms with Gasteiger partial charge in [-0.05, 0) is 23.8 Å². The van der Waals surface area contributed by atoms with Crippen LogP contribution in [0.5, 0.6) is 0 Å². The van der Waals surface area contributed by atoms with Gasteiger partial charge in [-0.2, -0.15) is 0 Å². The monoisotopic (exact) mass is 419 g/mol. The molecule has 0 bridgehead atoms. The van der Waals surface area contributed by atoms with Crippen LogP contribution >= 0.6 is 11.8 Å². The van der Waals surface area contributed by atoms with E-state index >= 15 is 0 Å². The molecule has 7 heteroatoms. The minimum absolute atomic E-state index is 0.0205. The average molecular weight is 420 g/mol. The predicted octanol–water partition coefficient (Wildman–Crippen LogP) is 3.53. The number of nitrogens with zero attached hydrogens (tertiary/aromatic N) is 4. The molecular formula is C23H25N5OS. The lowest BCUT2D eigenvalue weighted by Crippen LogP contribution is -2.49. The number of carbonyl (C=O) groups is 1. The number of carbonyl (C=O) groups excluding carboxylic acids is 1. The molecule has 1 aromatic heterocycles. The molecule has 0 aliphatic carbocycles. The van der Waals surface area contributed by atoms with E-state index in [9.17, 15) is 4.79 Å². The summed E-state index contributed by atoms with van der Waals surface area (Å²) in [5.41, 5.74) is 2.14. The maximum atomic E-state index is 12.7. The van der Waals surface area contributed by atoms with Gasteiger partial charge in [0, 0.05) is 49.2 Å². The fourth-order valence-corrected chi connectivity index (χ4v) is 4.35. The second kappa shape index (κ2) is 10.2. The lowest BCUT2D eigenvalue weighted by molar-refractivity contribution is -0.117. The highest BCUT2D eigenvalue weighted by molar-refractivity contribution is 7.98. The molecular weight excluding hydrogens is 394 g/mol. The molecule has 4 rings (SSSR count). The Balaban J connectivity index is 1.28. The predicted molar refractivity (Wildman–Crippen MR) is 122 cm³/mol. The summed E-state index contributed by atoms with van der Waals surface area (Å²) in [4.78, 5) is 26.7. The summed E-state index contributed by atoms with van der Waals surface area (Å²) in [5.74, 6) is 1.65. The Morgan fingerprint density at radius 2 is 1.60 bits per heavy atom. The van der Waals surface area contributed by atoms with Crippen molar-refractivity contribution in [3.8, 4) is 0 Å². The van der Waals surface area contributed by atoms with E-state index in [4.69, 9.17) is 0 Å². The topological polar surface area (TPSA) is 61.4 Å². The zero-order valence-corrected chi connectivity index (χ0v) is 17.6. The number of benzene rings is 2. The molecule has 3 aromatic rings. The third-order valence-electron chi connectivity index (χ3n) is 4.97. The Labute approximate surface area is 181 Å². The molecule has 154 valence electrons. The number of amides is 1. The highest BCUT2D eigenvalue weighted by atomic mass is 32.2. The molecule has 1 amide bonds. The van der Waals surface area contributed by atoms with Gasteiger partial charge in [0.15, 0.2) is 0 Å². The van der Waals surface area contributed by atoms with Crippen LogP contribution in [0.15, 0.2) is 78.0 Å². The van der Waals surface area contributed by atoms with E-state index in [2.05, 4.69) is 43.3 Å². The minimum atomic E-state index is 0.0205. The third-order valence-corrected chi connectivity index (χ3v) is 6.12. The molecule has 1 saturated heterocycles. The number of thioether (sulfide) groups is 1. The Morgan fingerprint density at radius 1 is 0.900 bits per heavy atom. The molecule has 0 radical (unpaired) electrons. The zero-order chi connectivity index (χ0) is 20.6. The SMILES string of the molecule is O=C(CN1CCN(c2ncccn2)CC1)Nc1ccccc1SCc1ccccc1. The van der Waals surface area contributed by atoms with Gasteiger partial charge in [-0.15, -0.1) is 11.8 Å². The van der Waals surface area contributed by atoms with Crippen LogP contribution < -0.4 is 10.2 Å². The lowest BCUT2D eigenvalue weighted by atomic mass is 10.2. The van der Waals surface area contributed by atoms with Crippen molar-refractivity contribution >= 4 is 29.3 Å². The van der Waals surface area contributed by atoms with Crippen LogP contribution in [-0.2, 0) is 10.5 Å². The standard InChI is InChI=1S/C23H25N5OS/c29-22(17-27-13-15-28(16-14-27)23-24-11-6-12-25-23)26-20-9-4-5-10-21(20)30-18-19-7-2-1-3-8-19/h1-12H,13-18H2,(H,26,29). The van der Waals surface area contributed by atoms with Crippen LogP contribution in [0.25, 0.3) is 0 Å². The first kappa shape index (κ1) is 20.4. The van der Waals surface area contributed by atoms with Crippen molar-refractivity contribution in [3.05, 3.63) is 78.6 Å². The van der Waals surface area contributed by atoms with Crippen molar-refractivity contribution in [1.82, 2.24) is 14.9 Å². The maximum Gasteiger partial charge on any atom is 0.238 e. The molecule has 0 saturated carbocycles. The first-order valence-corrected chi connectivity index (χ1v) is 11.1. The number of aromatic nitrogens is 2. The summed E-state index contributed by atoms with van der Waals surface area (Å²) in [6, 6.07) is 20.2. The van der Waals surface area contributed by atoms with Crippen LogP contribution in [-0.4, -0.2) is 53.5 Å². The molecule has 1 aliphatic heterocycles. The Morgan fingerprint density at radius 3 is 2.37 bits per heavy atom. The number of anilines is 2. The van der Waals surface area contributed by atoms with Gasteiger partial charge < -0.3 is 10.2 Å². The van der Waals surface area contributed by atoms with Crippen molar-refractivity contribution in [2.75, 3.05) is 42.9 Å². The van der Waals surface area contributed by atoms with Crippen LogP contribution in [0, 0.1) is 0 Å². The largest absolute Gasteiger partial charge is 0.338 e. The van der Waals surface area contributed by atoms with Gasteiger partial charge in [-0.25, -0.2) is 9.97 Å². The highest BCUT2D eigenvalue weighted by Crippen LogP contribution is 2.29. The molecule has 2 heterocycles. The van der Waals surface area contributed by atoms with E-state index in [0.29, 0.717) is 6.54 Å². The van der Waals surface area contributed by atoms with Crippen LogP contribution in [0.4, 0.5) is 11.6 Å². The molecule has 0 atom stereocenters. The number of nitrogens with one attached hydrogen (secondary N) is 1. The fraction of sp³-hybridized carbons (Fsp3) is 0.261. The second-order valence-electron chi connectivity index (χ2n) is 7.13. The fourth-order valence-electron chi connectivity index (χ4n) is 3.38. The molecule has 6 nitrogen and oxygen atoms in total. The van der Waals surface area contributed by atoms with E-state index in [1.54, 1.807) is 24.2 Å². The second-order valence-corrected chi connectivity index (χ2v) is 8.15. The Hall–Kier alpha value is -2.90. The molecule has 1 aliphatic rings. The molecule has 0 spiro atoms. The summed E-state index contributed by atoms with van der Waals surface area (Å²) in [6.07, 6.45) is 3.52. The van der Waals surface area contributed by atoms with Gasteiger partial charge in [-0.3, -0.25) is 9.69 Å². The summed E-state index contributed by atoms with van der Waals surface area (Å²) >= 11 is 1.74. The minimum Gasteiger partial charge on any atom is -0.338 e. The highest BCUT2D eigenvalue weighted by Gasteiger charge is 2.20. The van der Waals surface area contributed by atoms with Crippen LogP contribution in [0.2, 0.25) is 0 Å². The average Bonchev–Trinajstić information content (AvgIpc) is 2.80. The Bertz CT molecular complexity index is 946. The van der Waals surface area contributed by atoms with Crippen molar-refractivity contribution in [3.63, 3.8) is 0 Å². The molecule has 30 heavy (non-hydrogen) atoms. The van der Waals surface area contributed by atoms with Crippen molar-refractivity contribution in [2.45, 2.75) is 10.6 Å². The lowest BCUT2D eigenvalue weighted by Gasteiger charge is -2.34. The number of para-hydroxylation sites is 1. The van der Waals surface area contributed by atoms with E-state index < -0.39 is 0 Å². The van der Waals surface area contributed by atoms with Crippen LogP contribution in [0.3, 0.4) is 0 Å². The summed E-state index contributed by atoms with van der Waals surface area (Å²) in [5, 5.41) is 3.10. The molecule has 1 N–H and O–H groups in total. The van der Waals surface area contributed by atoms with Crippen molar-refractivity contribution < 1.29 is 4.79 Å². The summed E-state index contributed by atoms with van der Waals surface area (Å²) < 4.78 is 0. The Kier molecular flexibility index (Phi) is 6.95. The van der Waals surface area contributed by atoms with Gasteiger partial charge in [0.25, 0.3) is 0 Å². The third kappa shape index (κ3) is 5.58. The number of hydrogen-bond donors (Lipinski definition) is 1. The number of hydrogen-bond acceptors (Lipinski definition) is 6. The summed E-state index contributed by atoms with van der Waals surface area (Å²) in [6.45, 7) is 3.66. The van der Waals surface area contributed by atoms with Gasteiger partial charge >= 0.3 is 0 Å². The number of rotatable bonds is 7. The first-order chi connectivity index (χ1) is 14.8. The molecule has 2 aromatic carbocycles. The van der Waals surface area contributed by atoms with Gasteiger partial charge in [0.2, 0.25) is 11.9 Å². The smallest absolute Gasteiger partial charge is 0.238 e. The van der Waals surface area contributed by atoms with Gasteiger partial charge in [-0.1, -0.05) is 42.5 Å². The molecule has 0 unspecified atom stereocenters. The van der Waals surface area contributed by atoms with Crippen LogP contribution in [0.1, 0.15) is 5.56 Å². The van der Waals surface area contributed by atoms with E-state index in [-0.39, 0.29) is 5.91 Å². The zero-order valence-electron chi connectivity index (χ0n) is 16.8. The van der Waals surface area contributed by atoms with E-state index in [1.807, 2.05) is 42.5 Å². The summed E-state index contributed by atoms with van der Waals surface area (Å²) in [7, 11) is 0.